The summed E-state index contributed by atoms with van der Waals surface area (Å²) in [6.07, 6.45) is -1.38. The molecule has 5 atom stereocenters. The Morgan fingerprint density at radius 3 is 1.80 bits per heavy atom. The average molecular weight is 637 g/mol. The molecule has 0 aliphatic carbocycles. The monoisotopic (exact) mass is 636 g/mol. The van der Waals surface area contributed by atoms with Crippen molar-refractivity contribution in [1.82, 2.24) is 21.3 Å². The average Bonchev–Trinajstić information content (AvgIpc) is 2.95. The summed E-state index contributed by atoms with van der Waals surface area (Å²) in [6.45, 7) is 7.82. The van der Waals surface area contributed by atoms with E-state index in [2.05, 4.69) is 26.6 Å². The molecule has 0 aliphatic rings. The van der Waals surface area contributed by atoms with E-state index in [1.807, 2.05) is 0 Å². The molecule has 0 unspecified atom stereocenters. The summed E-state index contributed by atoms with van der Waals surface area (Å²) in [7, 11) is 0. The molecule has 45 heavy (non-hydrogen) atoms. The zero-order valence-corrected chi connectivity index (χ0v) is 25.6. The number of carbonyl (C=O) groups excluding carboxylic acids is 5. The highest BCUT2D eigenvalue weighted by molar-refractivity contribution is 6.00. The Kier molecular flexibility index (Phi) is 15.1. The van der Waals surface area contributed by atoms with Crippen LogP contribution in [0.25, 0.3) is 0 Å². The summed E-state index contributed by atoms with van der Waals surface area (Å²) >= 11 is 0. The van der Waals surface area contributed by atoms with Gasteiger partial charge in [-0.05, 0) is 30.4 Å². The fourth-order valence-corrected chi connectivity index (χ4v) is 4.05. The normalized spacial score (nSPS) is 14.1. The van der Waals surface area contributed by atoms with Gasteiger partial charge < -0.3 is 36.8 Å². The molecule has 0 spiro atoms. The second-order valence-corrected chi connectivity index (χ2v) is 10.7. The lowest BCUT2D eigenvalue weighted by molar-refractivity contribution is -0.384. The van der Waals surface area contributed by atoms with Crippen LogP contribution >= 0.6 is 0 Å². The molecule has 1 aromatic carbocycles. The highest BCUT2D eigenvalue weighted by Crippen LogP contribution is 2.16. The molecule has 0 heterocycles. The zero-order valence-electron chi connectivity index (χ0n) is 25.6. The van der Waals surface area contributed by atoms with Crippen LogP contribution in [0.5, 0.6) is 0 Å². The Morgan fingerprint density at radius 2 is 1.33 bits per heavy atom. The Bertz CT molecular complexity index is 1270. The number of rotatable bonds is 18. The van der Waals surface area contributed by atoms with Crippen LogP contribution in [0.2, 0.25) is 0 Å². The van der Waals surface area contributed by atoms with Gasteiger partial charge in [-0.2, -0.15) is 0 Å². The molecule has 1 rings (SSSR count). The molecule has 0 saturated heterocycles. The third-order valence-electron chi connectivity index (χ3n) is 6.74. The van der Waals surface area contributed by atoms with Crippen molar-refractivity contribution in [2.75, 3.05) is 5.32 Å². The Morgan fingerprint density at radius 1 is 0.778 bits per heavy atom. The van der Waals surface area contributed by atoms with Crippen LogP contribution in [0.3, 0.4) is 0 Å². The second-order valence-electron chi connectivity index (χ2n) is 10.7. The Balaban J connectivity index is 3.21. The molecule has 248 valence electrons. The summed E-state index contributed by atoms with van der Waals surface area (Å²) in [5.74, 6) is -7.69. The van der Waals surface area contributed by atoms with Gasteiger partial charge in [0.15, 0.2) is 0 Å². The summed E-state index contributed by atoms with van der Waals surface area (Å²) < 4.78 is 0. The highest BCUT2D eigenvalue weighted by atomic mass is 16.6. The number of carbonyl (C=O) groups is 7. The minimum Gasteiger partial charge on any atom is -0.481 e. The van der Waals surface area contributed by atoms with Crippen LogP contribution in [-0.4, -0.2) is 80.8 Å². The molecular formula is C28H40N6O11. The van der Waals surface area contributed by atoms with Gasteiger partial charge in [0, 0.05) is 31.2 Å². The van der Waals surface area contributed by atoms with Gasteiger partial charge in [-0.1, -0.05) is 34.1 Å². The first-order chi connectivity index (χ1) is 21.0. The van der Waals surface area contributed by atoms with E-state index in [1.54, 1.807) is 27.7 Å². The lowest BCUT2D eigenvalue weighted by Crippen LogP contribution is -2.60. The van der Waals surface area contributed by atoms with Crippen molar-refractivity contribution in [3.8, 4) is 0 Å². The molecule has 5 amide bonds. The first-order valence-electron chi connectivity index (χ1n) is 14.1. The number of non-ortho nitro benzene ring substituents is 1. The van der Waals surface area contributed by atoms with Crippen LogP contribution in [0.15, 0.2) is 24.3 Å². The van der Waals surface area contributed by atoms with Crippen molar-refractivity contribution in [2.45, 2.75) is 84.5 Å². The minimum absolute atomic E-state index is 0.0954. The molecule has 0 radical (unpaired) electrons. The maximum atomic E-state index is 13.4. The number of carboxylic acid groups (broad SMARTS) is 2. The summed E-state index contributed by atoms with van der Waals surface area (Å²) in [4.78, 5) is 97.2. The number of nitro benzene ring substituents is 1. The van der Waals surface area contributed by atoms with E-state index >= 15 is 0 Å². The zero-order chi connectivity index (χ0) is 34.4. The van der Waals surface area contributed by atoms with E-state index in [1.165, 1.54) is 19.1 Å². The van der Waals surface area contributed by atoms with Gasteiger partial charge in [-0.3, -0.25) is 43.7 Å². The fourth-order valence-electron chi connectivity index (χ4n) is 4.05. The van der Waals surface area contributed by atoms with E-state index in [0.717, 1.165) is 12.1 Å². The molecule has 0 bridgehead atoms. The number of nitrogens with one attached hydrogen (secondary N) is 5. The third-order valence-corrected chi connectivity index (χ3v) is 6.74. The number of amides is 5. The molecule has 0 fully saturated rings. The maximum Gasteiger partial charge on any atom is 0.305 e. The maximum absolute atomic E-state index is 13.4. The second kappa shape index (κ2) is 17.9. The van der Waals surface area contributed by atoms with Crippen molar-refractivity contribution >= 4 is 52.8 Å². The van der Waals surface area contributed by atoms with Gasteiger partial charge in [0.05, 0.1) is 11.3 Å². The van der Waals surface area contributed by atoms with Crippen LogP contribution in [0.1, 0.15) is 60.3 Å². The Labute approximate surface area is 259 Å². The topological polar surface area (TPSA) is 263 Å². The quantitative estimate of drug-likeness (QED) is 0.0863. The minimum atomic E-state index is -1.62. The standard InChI is InChI=1S/C28H40N6O11/c1-6-15(4)24(33-25(40)19(11-12-21(36)37)31-27(42)23(14(2)3)29-16(5)35)28(43)32-20(13-22(38)39)26(41)30-17-7-9-18(10-8-17)34(44)45/h7-10,14-15,19-20,23-24H,6,11-13H2,1-5H3,(H,29,35)(H,30,41)(H,31,42)(H,32,43)(H,33,40)(H,36,37)(H,38,39)/t15-,19-,20+,23+,24-/m0/s1. The van der Waals surface area contributed by atoms with Crippen molar-refractivity contribution in [2.24, 2.45) is 11.8 Å². The number of anilines is 1. The Hall–Kier alpha value is -5.09. The van der Waals surface area contributed by atoms with Crippen molar-refractivity contribution < 1.29 is 48.7 Å². The van der Waals surface area contributed by atoms with Crippen LogP contribution in [-0.2, 0) is 33.6 Å². The van der Waals surface area contributed by atoms with E-state index in [4.69, 9.17) is 0 Å². The van der Waals surface area contributed by atoms with Gasteiger partial charge in [0.25, 0.3) is 5.69 Å². The van der Waals surface area contributed by atoms with E-state index in [0.29, 0.717) is 6.42 Å². The molecular weight excluding hydrogens is 596 g/mol. The van der Waals surface area contributed by atoms with Gasteiger partial charge in [0.2, 0.25) is 29.5 Å². The molecule has 7 N–H and O–H groups in total. The molecule has 17 nitrogen and oxygen atoms in total. The van der Waals surface area contributed by atoms with E-state index in [9.17, 15) is 53.9 Å². The summed E-state index contributed by atoms with van der Waals surface area (Å²) in [5.41, 5.74) is -0.152. The van der Waals surface area contributed by atoms with Crippen molar-refractivity contribution in [1.29, 1.82) is 0 Å². The van der Waals surface area contributed by atoms with Crippen LogP contribution < -0.4 is 26.6 Å². The number of carboxylic acids is 2. The highest BCUT2D eigenvalue weighted by Gasteiger charge is 2.34. The van der Waals surface area contributed by atoms with Crippen molar-refractivity contribution in [3.05, 3.63) is 34.4 Å². The van der Waals surface area contributed by atoms with Gasteiger partial charge >= 0.3 is 11.9 Å². The van der Waals surface area contributed by atoms with E-state index in [-0.39, 0.29) is 23.7 Å². The predicted molar refractivity (Wildman–Crippen MR) is 159 cm³/mol. The lowest BCUT2D eigenvalue weighted by atomic mass is 9.96. The van der Waals surface area contributed by atoms with Gasteiger partial charge in [-0.25, -0.2) is 0 Å². The van der Waals surface area contributed by atoms with Crippen LogP contribution in [0, 0.1) is 22.0 Å². The smallest absolute Gasteiger partial charge is 0.305 e. The van der Waals surface area contributed by atoms with Gasteiger partial charge in [0.1, 0.15) is 24.2 Å². The lowest BCUT2D eigenvalue weighted by Gasteiger charge is -2.29. The number of nitrogens with zero attached hydrogens (tertiary/aromatic N) is 1. The number of aliphatic carboxylic acids is 2. The summed E-state index contributed by atoms with van der Waals surface area (Å²) in [6, 6.07) is -0.752. The van der Waals surface area contributed by atoms with E-state index < -0.39 is 89.3 Å². The van der Waals surface area contributed by atoms with Gasteiger partial charge in [-0.15, -0.1) is 0 Å². The fraction of sp³-hybridized carbons (Fsp3) is 0.536. The summed E-state index contributed by atoms with van der Waals surface area (Å²) in [5, 5.41) is 41.5. The SMILES string of the molecule is CC[C@H](C)[C@H](NC(=O)[C@H](CCC(=O)O)NC(=O)[C@H](NC(C)=O)C(C)C)C(=O)N[C@H](CC(=O)O)C(=O)Nc1ccc([N+](=O)[O-])cc1. The molecule has 0 aromatic heterocycles. The predicted octanol–water partition coefficient (Wildman–Crippen LogP) is 0.534. The molecule has 0 aliphatic heterocycles. The van der Waals surface area contributed by atoms with Crippen molar-refractivity contribution in [3.63, 3.8) is 0 Å². The third kappa shape index (κ3) is 13.0. The number of hydrogen-bond acceptors (Lipinski definition) is 9. The largest absolute Gasteiger partial charge is 0.481 e. The first-order valence-corrected chi connectivity index (χ1v) is 14.1. The number of nitro groups is 1. The van der Waals surface area contributed by atoms with Crippen LogP contribution in [0.4, 0.5) is 11.4 Å². The first kappa shape index (κ1) is 37.9. The number of hydrogen-bond donors (Lipinski definition) is 7. The number of benzene rings is 1. The molecule has 0 saturated carbocycles. The molecule has 17 heteroatoms. The molecule has 1 aromatic rings.